The van der Waals surface area contributed by atoms with Gasteiger partial charge in [0.2, 0.25) is 5.91 Å². The number of rotatable bonds is 7. The number of nitrogen functional groups attached to an aromatic ring is 1. The van der Waals surface area contributed by atoms with Crippen molar-refractivity contribution in [2.24, 2.45) is 0 Å². The Kier molecular flexibility index (Phi) is 6.17. The van der Waals surface area contributed by atoms with Gasteiger partial charge in [-0.25, -0.2) is 9.97 Å². The van der Waals surface area contributed by atoms with Crippen LogP contribution in [0.15, 0.2) is 0 Å². The van der Waals surface area contributed by atoms with Crippen LogP contribution in [-0.4, -0.2) is 49.7 Å². The minimum Gasteiger partial charge on any atom is -0.383 e. The molecule has 1 heterocycles. The summed E-state index contributed by atoms with van der Waals surface area (Å²) in [6.07, 6.45) is 0.700. The molecule has 0 aliphatic carbocycles. The molecule has 7 heteroatoms. The summed E-state index contributed by atoms with van der Waals surface area (Å²) < 4.78 is 4.88. The van der Waals surface area contributed by atoms with Crippen molar-refractivity contribution in [3.63, 3.8) is 0 Å². The molecule has 0 radical (unpaired) electrons. The second-order valence-electron chi connectivity index (χ2n) is 4.53. The zero-order valence-electron chi connectivity index (χ0n) is 12.6. The molecule has 0 atom stereocenters. The fraction of sp³-hybridized carbons (Fsp3) is 0.615. The van der Waals surface area contributed by atoms with E-state index in [1.165, 1.54) is 0 Å². The van der Waals surface area contributed by atoms with Gasteiger partial charge in [0.15, 0.2) is 0 Å². The number of aryl methyl sites for hydroxylation is 1. The summed E-state index contributed by atoms with van der Waals surface area (Å²) in [5.74, 6) is 1.74. The number of methoxy groups -OCH3 is 1. The van der Waals surface area contributed by atoms with E-state index in [1.807, 2.05) is 20.9 Å². The molecule has 112 valence electrons. The predicted molar refractivity (Wildman–Crippen MR) is 78.7 cm³/mol. The number of ether oxygens (including phenoxy) is 1. The van der Waals surface area contributed by atoms with Crippen molar-refractivity contribution in [2.45, 2.75) is 20.3 Å². The van der Waals surface area contributed by atoms with Crippen LogP contribution in [0.1, 0.15) is 18.3 Å². The van der Waals surface area contributed by atoms with Crippen LogP contribution in [0.2, 0.25) is 0 Å². The molecule has 0 saturated heterocycles. The van der Waals surface area contributed by atoms with Gasteiger partial charge < -0.3 is 20.7 Å². The largest absolute Gasteiger partial charge is 0.383 e. The number of hydrogen-bond acceptors (Lipinski definition) is 6. The molecule has 0 bridgehead atoms. The third-order valence-corrected chi connectivity index (χ3v) is 2.89. The smallest absolute Gasteiger partial charge is 0.239 e. The van der Waals surface area contributed by atoms with Crippen molar-refractivity contribution in [1.29, 1.82) is 0 Å². The van der Waals surface area contributed by atoms with Crippen molar-refractivity contribution < 1.29 is 9.53 Å². The third kappa shape index (κ3) is 4.34. The Morgan fingerprint density at radius 1 is 1.45 bits per heavy atom. The molecule has 0 aliphatic rings. The molecule has 1 aromatic heterocycles. The molecule has 0 unspecified atom stereocenters. The molecule has 0 aromatic carbocycles. The molecular weight excluding hydrogens is 258 g/mol. The lowest BCUT2D eigenvalue weighted by Crippen LogP contribution is -2.37. The predicted octanol–water partition coefficient (Wildman–Crippen LogP) is 0.128. The van der Waals surface area contributed by atoms with E-state index >= 15 is 0 Å². The normalized spacial score (nSPS) is 10.4. The van der Waals surface area contributed by atoms with Crippen LogP contribution < -0.4 is 16.0 Å². The van der Waals surface area contributed by atoms with Crippen LogP contribution in [-0.2, 0) is 16.0 Å². The number of likely N-dealkylation sites (N-methyl/N-ethyl adjacent to an activating group) is 1. The number of anilines is 2. The van der Waals surface area contributed by atoms with Crippen molar-refractivity contribution in [2.75, 3.05) is 44.5 Å². The van der Waals surface area contributed by atoms with Crippen LogP contribution >= 0.6 is 0 Å². The van der Waals surface area contributed by atoms with Gasteiger partial charge in [-0.1, -0.05) is 6.92 Å². The Hall–Kier alpha value is -1.89. The summed E-state index contributed by atoms with van der Waals surface area (Å²) in [6, 6.07) is 0. The lowest BCUT2D eigenvalue weighted by Gasteiger charge is -2.20. The van der Waals surface area contributed by atoms with Gasteiger partial charge in [0, 0.05) is 32.7 Å². The van der Waals surface area contributed by atoms with Crippen molar-refractivity contribution in [1.82, 2.24) is 15.3 Å². The van der Waals surface area contributed by atoms with Crippen LogP contribution in [0.4, 0.5) is 11.6 Å². The van der Waals surface area contributed by atoms with Crippen LogP contribution in [0, 0.1) is 6.92 Å². The van der Waals surface area contributed by atoms with Crippen LogP contribution in [0.3, 0.4) is 0 Å². The highest BCUT2D eigenvalue weighted by molar-refractivity contribution is 5.81. The zero-order chi connectivity index (χ0) is 15.1. The minimum absolute atomic E-state index is 0.0841. The number of carbonyl (C=O) groups is 1. The minimum atomic E-state index is -0.0841. The summed E-state index contributed by atoms with van der Waals surface area (Å²) >= 11 is 0. The van der Waals surface area contributed by atoms with E-state index in [4.69, 9.17) is 10.5 Å². The first-order valence-electron chi connectivity index (χ1n) is 6.59. The van der Waals surface area contributed by atoms with Crippen molar-refractivity contribution in [3.05, 3.63) is 11.4 Å². The second kappa shape index (κ2) is 7.64. The number of nitrogens with one attached hydrogen (secondary N) is 1. The van der Waals surface area contributed by atoms with E-state index in [2.05, 4.69) is 15.3 Å². The summed E-state index contributed by atoms with van der Waals surface area (Å²) in [5.41, 5.74) is 6.66. The first-order chi connectivity index (χ1) is 9.49. The van der Waals surface area contributed by atoms with Crippen molar-refractivity contribution in [3.8, 4) is 0 Å². The standard InChI is InChI=1S/C13H23N5O2/c1-5-10-16-12(14)9(2)13(17-10)18(3)8-11(19)15-6-7-20-4/h5-8H2,1-4H3,(H,15,19)(H2,14,16,17). The van der Waals surface area contributed by atoms with Crippen LogP contribution in [0.5, 0.6) is 0 Å². The summed E-state index contributed by atoms with van der Waals surface area (Å²) in [6.45, 7) is 5.02. The molecule has 20 heavy (non-hydrogen) atoms. The van der Waals surface area contributed by atoms with Crippen LogP contribution in [0.25, 0.3) is 0 Å². The Labute approximate surface area is 119 Å². The molecule has 1 amide bonds. The first kappa shape index (κ1) is 16.2. The monoisotopic (exact) mass is 281 g/mol. The molecule has 1 aromatic rings. The molecular formula is C13H23N5O2. The maximum Gasteiger partial charge on any atom is 0.239 e. The number of amides is 1. The highest BCUT2D eigenvalue weighted by Gasteiger charge is 2.14. The zero-order valence-corrected chi connectivity index (χ0v) is 12.6. The van der Waals surface area contributed by atoms with E-state index in [0.717, 1.165) is 5.56 Å². The van der Waals surface area contributed by atoms with Gasteiger partial charge in [0.05, 0.1) is 13.2 Å². The SMILES string of the molecule is CCc1nc(N)c(C)c(N(C)CC(=O)NCCOC)n1. The summed E-state index contributed by atoms with van der Waals surface area (Å²) in [7, 11) is 3.40. The molecule has 1 rings (SSSR count). The fourth-order valence-electron chi connectivity index (χ4n) is 1.74. The molecule has 0 fully saturated rings. The van der Waals surface area contributed by atoms with Crippen molar-refractivity contribution >= 4 is 17.5 Å². The number of carbonyl (C=O) groups excluding carboxylic acids is 1. The van der Waals surface area contributed by atoms with Gasteiger partial charge in [-0.3, -0.25) is 4.79 Å². The van der Waals surface area contributed by atoms with E-state index < -0.39 is 0 Å². The number of hydrogen-bond donors (Lipinski definition) is 2. The average Bonchev–Trinajstić information content (AvgIpc) is 2.41. The van der Waals surface area contributed by atoms with E-state index in [0.29, 0.717) is 37.0 Å². The Morgan fingerprint density at radius 3 is 2.75 bits per heavy atom. The third-order valence-electron chi connectivity index (χ3n) is 2.89. The highest BCUT2D eigenvalue weighted by Crippen LogP contribution is 2.20. The Morgan fingerprint density at radius 2 is 2.15 bits per heavy atom. The van der Waals surface area contributed by atoms with Gasteiger partial charge in [-0.2, -0.15) is 0 Å². The average molecular weight is 281 g/mol. The van der Waals surface area contributed by atoms with Gasteiger partial charge in [-0.05, 0) is 6.92 Å². The molecule has 7 nitrogen and oxygen atoms in total. The lowest BCUT2D eigenvalue weighted by molar-refractivity contribution is -0.119. The van der Waals surface area contributed by atoms with Gasteiger partial charge in [0.25, 0.3) is 0 Å². The first-order valence-corrected chi connectivity index (χ1v) is 6.59. The summed E-state index contributed by atoms with van der Waals surface area (Å²) in [5, 5.41) is 2.77. The molecule has 0 aliphatic heterocycles. The van der Waals surface area contributed by atoms with Gasteiger partial charge in [0.1, 0.15) is 17.5 Å². The molecule has 0 spiro atoms. The summed E-state index contributed by atoms with van der Waals surface area (Å²) in [4.78, 5) is 22.2. The highest BCUT2D eigenvalue weighted by atomic mass is 16.5. The quantitative estimate of drug-likeness (QED) is 0.690. The van der Waals surface area contributed by atoms with E-state index in [1.54, 1.807) is 12.0 Å². The lowest BCUT2D eigenvalue weighted by atomic mass is 10.2. The molecule has 0 saturated carbocycles. The van der Waals surface area contributed by atoms with Gasteiger partial charge in [-0.15, -0.1) is 0 Å². The maximum absolute atomic E-state index is 11.8. The fourth-order valence-corrected chi connectivity index (χ4v) is 1.74. The topological polar surface area (TPSA) is 93.4 Å². The Bertz CT molecular complexity index is 464. The number of nitrogens with zero attached hydrogens (tertiary/aromatic N) is 3. The second-order valence-corrected chi connectivity index (χ2v) is 4.53. The number of aromatic nitrogens is 2. The number of nitrogens with two attached hydrogens (primary N) is 1. The van der Waals surface area contributed by atoms with Gasteiger partial charge >= 0.3 is 0 Å². The molecule has 3 N–H and O–H groups in total. The van der Waals surface area contributed by atoms with E-state index in [-0.39, 0.29) is 12.5 Å². The maximum atomic E-state index is 11.8. The van der Waals surface area contributed by atoms with E-state index in [9.17, 15) is 4.79 Å². The Balaban J connectivity index is 2.74.